The molecule has 0 radical (unpaired) electrons. The van der Waals surface area contributed by atoms with E-state index in [0.717, 1.165) is 25.4 Å². The molecule has 0 unspecified atom stereocenters. The van der Waals surface area contributed by atoms with Crippen molar-refractivity contribution in [2.45, 2.75) is 51.0 Å². The lowest BCUT2D eigenvalue weighted by molar-refractivity contribution is 0.212. The van der Waals surface area contributed by atoms with Crippen LogP contribution in [0.2, 0.25) is 0 Å². The molecule has 0 amide bonds. The highest BCUT2D eigenvalue weighted by Crippen LogP contribution is 2.21. The Hall–Kier alpha value is -1.26. The summed E-state index contributed by atoms with van der Waals surface area (Å²) in [6, 6.07) is 11.4. The predicted molar refractivity (Wildman–Crippen MR) is 82.0 cm³/mol. The summed E-state index contributed by atoms with van der Waals surface area (Å²) in [4.78, 5) is 2.44. The molecule has 102 valence electrons. The lowest BCUT2D eigenvalue weighted by Crippen LogP contribution is -2.33. The topological polar surface area (TPSA) is 3.24 Å². The van der Waals surface area contributed by atoms with Crippen LogP contribution >= 0.6 is 0 Å². The minimum Gasteiger partial charge on any atom is -0.292 e. The summed E-state index contributed by atoms with van der Waals surface area (Å²) < 4.78 is 0. The van der Waals surface area contributed by atoms with Crippen LogP contribution in [0.4, 0.5) is 0 Å². The first-order chi connectivity index (χ1) is 9.36. The molecule has 1 aromatic rings. The summed E-state index contributed by atoms with van der Waals surface area (Å²) >= 11 is 0. The number of benzene rings is 1. The van der Waals surface area contributed by atoms with Gasteiger partial charge in [-0.05, 0) is 31.9 Å². The van der Waals surface area contributed by atoms with Gasteiger partial charge in [-0.1, -0.05) is 55.5 Å². The summed E-state index contributed by atoms with van der Waals surface area (Å²) in [6.07, 6.45) is 8.99. The average molecular weight is 255 g/mol. The minimum atomic E-state index is 0.775. The van der Waals surface area contributed by atoms with Crippen LogP contribution in [0.5, 0.6) is 0 Å². The Kier molecular flexibility index (Phi) is 5.98. The fourth-order valence-electron chi connectivity index (χ4n) is 2.77. The third-order valence-electron chi connectivity index (χ3n) is 4.03. The maximum absolute atomic E-state index is 3.33. The summed E-state index contributed by atoms with van der Waals surface area (Å²) in [5.41, 5.74) is 1.39. The first-order valence-electron chi connectivity index (χ1n) is 7.56. The first kappa shape index (κ1) is 14.2. The maximum atomic E-state index is 3.33. The molecule has 1 saturated carbocycles. The van der Waals surface area contributed by atoms with E-state index in [9.17, 15) is 0 Å². The predicted octanol–water partition coefficient (Wildman–Crippen LogP) is 3.89. The molecule has 1 aromatic carbocycles. The zero-order valence-corrected chi connectivity index (χ0v) is 12.1. The van der Waals surface area contributed by atoms with Crippen molar-refractivity contribution >= 4 is 0 Å². The summed E-state index contributed by atoms with van der Waals surface area (Å²) in [5, 5.41) is 0. The van der Waals surface area contributed by atoms with Crippen LogP contribution in [0.15, 0.2) is 30.3 Å². The fourth-order valence-corrected chi connectivity index (χ4v) is 2.77. The molecule has 1 fully saturated rings. The Bertz CT molecular complexity index is 406. The van der Waals surface area contributed by atoms with E-state index in [-0.39, 0.29) is 0 Å². The van der Waals surface area contributed by atoms with Gasteiger partial charge in [-0.3, -0.25) is 4.90 Å². The third-order valence-corrected chi connectivity index (χ3v) is 4.03. The Labute approximate surface area is 118 Å². The molecule has 0 atom stereocenters. The van der Waals surface area contributed by atoms with E-state index in [0.29, 0.717) is 0 Å². The SMILES string of the molecule is CN(CC#CCCc1ccccc1)C1CCCCC1. The van der Waals surface area contributed by atoms with Crippen molar-refractivity contribution in [3.8, 4) is 11.8 Å². The van der Waals surface area contributed by atoms with Crippen molar-refractivity contribution in [3.63, 3.8) is 0 Å². The molecule has 0 aliphatic heterocycles. The standard InChI is InChI=1S/C18H25N/c1-19(18-14-8-3-9-15-18)16-10-4-7-13-17-11-5-2-6-12-17/h2,5-6,11-12,18H,3,7-9,13-16H2,1H3. The van der Waals surface area contributed by atoms with Gasteiger partial charge in [0, 0.05) is 12.5 Å². The highest BCUT2D eigenvalue weighted by molar-refractivity contribution is 5.16. The molecule has 1 aliphatic rings. The normalized spacial score (nSPS) is 16.1. The molecule has 1 aliphatic carbocycles. The van der Waals surface area contributed by atoms with Crippen LogP contribution in [-0.4, -0.2) is 24.5 Å². The molecule has 1 nitrogen and oxygen atoms in total. The third kappa shape index (κ3) is 5.09. The van der Waals surface area contributed by atoms with E-state index in [1.165, 1.54) is 37.7 Å². The molecule has 0 spiro atoms. The fraction of sp³-hybridized carbons (Fsp3) is 0.556. The van der Waals surface area contributed by atoms with Crippen molar-refractivity contribution < 1.29 is 0 Å². The van der Waals surface area contributed by atoms with Crippen molar-refractivity contribution in [1.29, 1.82) is 0 Å². The van der Waals surface area contributed by atoms with E-state index >= 15 is 0 Å². The minimum absolute atomic E-state index is 0.775. The summed E-state index contributed by atoms with van der Waals surface area (Å²) in [7, 11) is 2.22. The summed E-state index contributed by atoms with van der Waals surface area (Å²) in [5.74, 6) is 6.64. The van der Waals surface area contributed by atoms with Crippen molar-refractivity contribution in [2.75, 3.05) is 13.6 Å². The first-order valence-corrected chi connectivity index (χ1v) is 7.56. The maximum Gasteiger partial charge on any atom is 0.0601 e. The molecular weight excluding hydrogens is 230 g/mol. The van der Waals surface area contributed by atoms with Gasteiger partial charge in [0.15, 0.2) is 0 Å². The van der Waals surface area contributed by atoms with Gasteiger partial charge in [0.1, 0.15) is 0 Å². The van der Waals surface area contributed by atoms with E-state index < -0.39 is 0 Å². The van der Waals surface area contributed by atoms with Gasteiger partial charge in [-0.15, -0.1) is 5.92 Å². The molecule has 0 saturated heterocycles. The lowest BCUT2D eigenvalue weighted by atomic mass is 9.94. The largest absolute Gasteiger partial charge is 0.292 e. The molecule has 2 rings (SSSR count). The number of aryl methyl sites for hydroxylation is 1. The second-order valence-corrected chi connectivity index (χ2v) is 5.55. The van der Waals surface area contributed by atoms with Gasteiger partial charge in [0.25, 0.3) is 0 Å². The van der Waals surface area contributed by atoms with Gasteiger partial charge in [0.2, 0.25) is 0 Å². The zero-order valence-electron chi connectivity index (χ0n) is 12.1. The highest BCUT2D eigenvalue weighted by Gasteiger charge is 2.16. The van der Waals surface area contributed by atoms with Gasteiger partial charge in [-0.2, -0.15) is 0 Å². The highest BCUT2D eigenvalue weighted by atomic mass is 15.1. The van der Waals surface area contributed by atoms with Gasteiger partial charge in [-0.25, -0.2) is 0 Å². The summed E-state index contributed by atoms with van der Waals surface area (Å²) in [6.45, 7) is 0.930. The van der Waals surface area contributed by atoms with Gasteiger partial charge in [0.05, 0.1) is 6.54 Å². The van der Waals surface area contributed by atoms with Crippen LogP contribution < -0.4 is 0 Å². The number of hydrogen-bond acceptors (Lipinski definition) is 1. The number of nitrogens with zero attached hydrogens (tertiary/aromatic N) is 1. The van der Waals surface area contributed by atoms with Crippen molar-refractivity contribution in [3.05, 3.63) is 35.9 Å². The van der Waals surface area contributed by atoms with Crippen LogP contribution in [-0.2, 0) is 6.42 Å². The number of rotatable bonds is 4. The van der Waals surface area contributed by atoms with Crippen LogP contribution in [0.1, 0.15) is 44.1 Å². The lowest BCUT2D eigenvalue weighted by Gasteiger charge is -2.29. The quantitative estimate of drug-likeness (QED) is 0.738. The van der Waals surface area contributed by atoms with E-state index in [1.807, 2.05) is 0 Å². The van der Waals surface area contributed by atoms with Crippen LogP contribution in [0, 0.1) is 11.8 Å². The van der Waals surface area contributed by atoms with E-state index in [2.05, 4.69) is 54.1 Å². The second kappa shape index (κ2) is 8.02. The van der Waals surface area contributed by atoms with Crippen molar-refractivity contribution in [2.24, 2.45) is 0 Å². The Morgan fingerprint density at radius 1 is 1.05 bits per heavy atom. The van der Waals surface area contributed by atoms with Crippen LogP contribution in [0.25, 0.3) is 0 Å². The van der Waals surface area contributed by atoms with Crippen molar-refractivity contribution in [1.82, 2.24) is 4.90 Å². The second-order valence-electron chi connectivity index (χ2n) is 5.55. The Morgan fingerprint density at radius 3 is 2.53 bits per heavy atom. The van der Waals surface area contributed by atoms with E-state index in [1.54, 1.807) is 0 Å². The Balaban J connectivity index is 1.66. The van der Waals surface area contributed by atoms with E-state index in [4.69, 9.17) is 0 Å². The molecule has 0 heterocycles. The zero-order chi connectivity index (χ0) is 13.3. The van der Waals surface area contributed by atoms with Crippen LogP contribution in [0.3, 0.4) is 0 Å². The monoisotopic (exact) mass is 255 g/mol. The van der Waals surface area contributed by atoms with Gasteiger partial charge < -0.3 is 0 Å². The molecule has 19 heavy (non-hydrogen) atoms. The average Bonchev–Trinajstić information content (AvgIpc) is 2.49. The molecule has 0 bridgehead atoms. The molecule has 1 heteroatoms. The number of hydrogen-bond donors (Lipinski definition) is 0. The molecule has 0 N–H and O–H groups in total. The molecular formula is C18H25N. The smallest absolute Gasteiger partial charge is 0.0601 e. The Morgan fingerprint density at radius 2 is 1.79 bits per heavy atom. The van der Waals surface area contributed by atoms with Gasteiger partial charge >= 0.3 is 0 Å². The molecule has 0 aromatic heterocycles.